The molecule has 1 atom stereocenters. The fraction of sp³-hybridized carbons (Fsp3) is 0.550. The van der Waals surface area contributed by atoms with Crippen LogP contribution in [0.3, 0.4) is 0 Å². The number of nitrogens with zero attached hydrogens (tertiary/aromatic N) is 3. The molecule has 0 fully saturated rings. The molecule has 28 heavy (non-hydrogen) atoms. The highest BCUT2D eigenvalue weighted by atomic mass is 35.5. The Morgan fingerprint density at radius 1 is 1.25 bits per heavy atom. The second-order valence-electron chi connectivity index (χ2n) is 7.08. The topological polar surface area (TPSA) is 64.2 Å². The molecular formula is C20H31ClN5OS+. The molecule has 1 aromatic carbocycles. The van der Waals surface area contributed by atoms with Gasteiger partial charge in [0.1, 0.15) is 6.04 Å². The smallest absolute Gasteiger partial charge is 0.230 e. The predicted octanol–water partition coefficient (Wildman–Crippen LogP) is 2.74. The number of hydrogen-bond acceptors (Lipinski definition) is 4. The molecule has 0 aliphatic carbocycles. The standard InChI is InChI=1S/C20H30ClN5OS/c1-5-7-12-26-19(17(6-2)25(3)4)23-24-20(26)28-14-18(27)22-13-15-8-10-16(21)11-9-15/h8-11,17H,5-7,12-14H2,1-4H3,(H,22,27)/p+1/t17-/m0/s1. The van der Waals surface area contributed by atoms with Gasteiger partial charge < -0.3 is 14.8 Å². The maximum atomic E-state index is 12.3. The van der Waals surface area contributed by atoms with E-state index in [0.29, 0.717) is 23.4 Å². The summed E-state index contributed by atoms with van der Waals surface area (Å²) in [6.45, 7) is 5.73. The molecule has 6 nitrogen and oxygen atoms in total. The monoisotopic (exact) mass is 424 g/mol. The van der Waals surface area contributed by atoms with Gasteiger partial charge in [0.05, 0.1) is 19.8 Å². The molecule has 0 spiro atoms. The Balaban J connectivity index is 1.98. The van der Waals surface area contributed by atoms with Crippen LogP contribution in [-0.2, 0) is 17.9 Å². The summed E-state index contributed by atoms with van der Waals surface area (Å²) in [4.78, 5) is 13.6. The molecule has 8 heteroatoms. The number of unbranched alkanes of at least 4 members (excludes halogenated alkanes) is 1. The normalized spacial score (nSPS) is 12.4. The fourth-order valence-electron chi connectivity index (χ4n) is 3.02. The molecule has 0 unspecified atom stereocenters. The number of halogens is 1. The molecule has 0 saturated carbocycles. The lowest BCUT2D eigenvalue weighted by atomic mass is 10.2. The second kappa shape index (κ2) is 11.4. The first-order chi connectivity index (χ1) is 13.5. The Morgan fingerprint density at radius 2 is 1.96 bits per heavy atom. The van der Waals surface area contributed by atoms with E-state index in [0.717, 1.165) is 42.4 Å². The first-order valence-corrected chi connectivity index (χ1v) is 11.2. The zero-order valence-electron chi connectivity index (χ0n) is 17.2. The molecule has 154 valence electrons. The van der Waals surface area contributed by atoms with Gasteiger partial charge in [0.15, 0.2) is 11.0 Å². The van der Waals surface area contributed by atoms with Gasteiger partial charge in [-0.2, -0.15) is 0 Å². The van der Waals surface area contributed by atoms with Crippen molar-refractivity contribution in [1.29, 1.82) is 0 Å². The van der Waals surface area contributed by atoms with Crippen LogP contribution >= 0.6 is 23.4 Å². The average molecular weight is 425 g/mol. The molecule has 1 aromatic heterocycles. The molecule has 1 heterocycles. The van der Waals surface area contributed by atoms with Crippen LogP contribution in [0.1, 0.15) is 50.5 Å². The Hall–Kier alpha value is -1.57. The van der Waals surface area contributed by atoms with Gasteiger partial charge in [-0.05, 0) is 24.1 Å². The number of carbonyl (C=O) groups is 1. The van der Waals surface area contributed by atoms with Crippen molar-refractivity contribution in [3.8, 4) is 0 Å². The molecule has 0 aliphatic rings. The van der Waals surface area contributed by atoms with Crippen molar-refractivity contribution < 1.29 is 9.69 Å². The van der Waals surface area contributed by atoms with Gasteiger partial charge in [-0.1, -0.05) is 55.8 Å². The zero-order valence-corrected chi connectivity index (χ0v) is 18.7. The summed E-state index contributed by atoms with van der Waals surface area (Å²) in [6, 6.07) is 7.78. The summed E-state index contributed by atoms with van der Waals surface area (Å²) in [5, 5.41) is 13.3. The SMILES string of the molecule is CCCCn1c(SCC(=O)NCc2ccc(Cl)cc2)nnc1[C@H](CC)[NH+](C)C. The number of amides is 1. The Bertz CT molecular complexity index is 748. The van der Waals surface area contributed by atoms with Gasteiger partial charge in [-0.15, -0.1) is 10.2 Å². The molecule has 0 bridgehead atoms. The van der Waals surface area contributed by atoms with Crippen LogP contribution < -0.4 is 10.2 Å². The molecule has 0 saturated heterocycles. The Morgan fingerprint density at radius 3 is 2.57 bits per heavy atom. The largest absolute Gasteiger partial charge is 0.351 e. The van der Waals surface area contributed by atoms with Gasteiger partial charge in [0, 0.05) is 24.5 Å². The van der Waals surface area contributed by atoms with Gasteiger partial charge in [0.25, 0.3) is 0 Å². The van der Waals surface area contributed by atoms with Gasteiger partial charge in [0.2, 0.25) is 5.91 Å². The van der Waals surface area contributed by atoms with Crippen molar-refractivity contribution in [3.05, 3.63) is 40.7 Å². The molecule has 1 amide bonds. The van der Waals surface area contributed by atoms with Crippen LogP contribution in [-0.4, -0.2) is 40.5 Å². The predicted molar refractivity (Wildman–Crippen MR) is 115 cm³/mol. The van der Waals surface area contributed by atoms with E-state index in [1.54, 1.807) is 0 Å². The van der Waals surface area contributed by atoms with E-state index in [1.807, 2.05) is 24.3 Å². The van der Waals surface area contributed by atoms with Crippen molar-refractivity contribution in [2.45, 2.75) is 57.4 Å². The van der Waals surface area contributed by atoms with E-state index in [4.69, 9.17) is 11.6 Å². The minimum Gasteiger partial charge on any atom is -0.351 e. The van der Waals surface area contributed by atoms with E-state index in [-0.39, 0.29) is 5.91 Å². The third-order valence-corrected chi connectivity index (χ3v) is 5.85. The van der Waals surface area contributed by atoms with Crippen molar-refractivity contribution in [2.24, 2.45) is 0 Å². The summed E-state index contributed by atoms with van der Waals surface area (Å²) < 4.78 is 2.20. The lowest BCUT2D eigenvalue weighted by Gasteiger charge is -2.20. The first kappa shape index (κ1) is 22.7. The van der Waals surface area contributed by atoms with Crippen molar-refractivity contribution >= 4 is 29.3 Å². The third-order valence-electron chi connectivity index (χ3n) is 4.63. The number of rotatable bonds is 11. The van der Waals surface area contributed by atoms with Gasteiger partial charge in [-0.3, -0.25) is 4.79 Å². The second-order valence-corrected chi connectivity index (χ2v) is 8.45. The van der Waals surface area contributed by atoms with Crippen LogP contribution in [0, 0.1) is 0 Å². The molecule has 0 radical (unpaired) electrons. The van der Waals surface area contributed by atoms with Crippen LogP contribution in [0.5, 0.6) is 0 Å². The quantitative estimate of drug-likeness (QED) is 0.544. The highest BCUT2D eigenvalue weighted by Gasteiger charge is 2.24. The van der Waals surface area contributed by atoms with Gasteiger partial charge >= 0.3 is 0 Å². The van der Waals surface area contributed by atoms with Crippen molar-refractivity contribution in [3.63, 3.8) is 0 Å². The lowest BCUT2D eigenvalue weighted by molar-refractivity contribution is -0.893. The summed E-state index contributed by atoms with van der Waals surface area (Å²) in [5.41, 5.74) is 1.02. The number of quaternary nitrogens is 1. The molecule has 2 N–H and O–H groups in total. The van der Waals surface area contributed by atoms with Crippen molar-refractivity contribution in [1.82, 2.24) is 20.1 Å². The number of aromatic nitrogens is 3. The lowest BCUT2D eigenvalue weighted by Crippen LogP contribution is -3.06. The van der Waals surface area contributed by atoms with E-state index in [1.165, 1.54) is 16.7 Å². The number of hydrogen-bond donors (Lipinski definition) is 2. The minimum atomic E-state index is -0.0168. The minimum absolute atomic E-state index is 0.0168. The maximum absolute atomic E-state index is 12.3. The molecule has 2 rings (SSSR count). The van der Waals surface area contributed by atoms with Crippen LogP contribution in [0.2, 0.25) is 5.02 Å². The Kier molecular flexibility index (Phi) is 9.28. The maximum Gasteiger partial charge on any atom is 0.230 e. The summed E-state index contributed by atoms with van der Waals surface area (Å²) >= 11 is 7.34. The fourth-order valence-corrected chi connectivity index (χ4v) is 3.95. The number of thioether (sulfide) groups is 1. The molecule has 0 aliphatic heterocycles. The van der Waals surface area contributed by atoms with Crippen LogP contribution in [0.4, 0.5) is 0 Å². The number of nitrogens with one attached hydrogen (secondary N) is 2. The van der Waals surface area contributed by atoms with E-state index in [9.17, 15) is 4.79 Å². The van der Waals surface area contributed by atoms with E-state index in [2.05, 4.69) is 48.0 Å². The van der Waals surface area contributed by atoms with Crippen molar-refractivity contribution in [2.75, 3.05) is 19.8 Å². The Labute approximate surface area is 177 Å². The van der Waals surface area contributed by atoms with E-state index < -0.39 is 0 Å². The van der Waals surface area contributed by atoms with E-state index >= 15 is 0 Å². The molecule has 2 aromatic rings. The number of benzene rings is 1. The average Bonchev–Trinajstić information content (AvgIpc) is 3.07. The van der Waals surface area contributed by atoms with Gasteiger partial charge in [-0.25, -0.2) is 0 Å². The summed E-state index contributed by atoms with van der Waals surface area (Å²) in [6.07, 6.45) is 3.17. The third kappa shape index (κ3) is 6.50. The van der Waals surface area contributed by atoms with Crippen LogP contribution in [0.25, 0.3) is 0 Å². The first-order valence-electron chi connectivity index (χ1n) is 9.83. The summed E-state index contributed by atoms with van der Waals surface area (Å²) in [5.74, 6) is 1.32. The zero-order chi connectivity index (χ0) is 20.5. The van der Waals surface area contributed by atoms with Crippen LogP contribution in [0.15, 0.2) is 29.4 Å². The molecular weight excluding hydrogens is 394 g/mol. The summed E-state index contributed by atoms with van der Waals surface area (Å²) in [7, 11) is 4.29. The highest BCUT2D eigenvalue weighted by Crippen LogP contribution is 2.21. The number of carbonyl (C=O) groups excluding carboxylic acids is 1. The highest BCUT2D eigenvalue weighted by molar-refractivity contribution is 7.99.